The van der Waals surface area contributed by atoms with Crippen molar-refractivity contribution in [1.82, 2.24) is 20.3 Å². The second-order valence-electron chi connectivity index (χ2n) is 6.66. The highest BCUT2D eigenvalue weighted by Crippen LogP contribution is 2.28. The van der Waals surface area contributed by atoms with Gasteiger partial charge in [0.15, 0.2) is 0 Å². The number of benzene rings is 1. The Labute approximate surface area is 161 Å². The summed E-state index contributed by atoms with van der Waals surface area (Å²) in [6.07, 6.45) is 3.97. The van der Waals surface area contributed by atoms with Crippen LogP contribution in [0.2, 0.25) is 0 Å². The fourth-order valence-corrected chi connectivity index (χ4v) is 3.12. The molecule has 0 aliphatic carbocycles. The first-order chi connectivity index (χ1) is 13.2. The van der Waals surface area contributed by atoms with Crippen molar-refractivity contribution >= 4 is 0 Å². The van der Waals surface area contributed by atoms with E-state index in [-0.39, 0.29) is 6.10 Å². The topological polar surface area (TPSA) is 49.9 Å². The van der Waals surface area contributed by atoms with E-state index in [4.69, 9.17) is 9.47 Å². The smallest absolute Gasteiger partial charge is 0.212 e. The third kappa shape index (κ3) is 5.29. The molecule has 0 saturated heterocycles. The van der Waals surface area contributed by atoms with Gasteiger partial charge in [0.1, 0.15) is 6.10 Å². The van der Waals surface area contributed by atoms with Crippen LogP contribution in [-0.2, 0) is 11.3 Å². The molecule has 1 aromatic heterocycles. The van der Waals surface area contributed by atoms with Crippen LogP contribution < -0.4 is 10.2 Å². The van der Waals surface area contributed by atoms with Crippen LogP contribution in [0.1, 0.15) is 17.2 Å². The first-order valence-electron chi connectivity index (χ1n) is 9.18. The van der Waals surface area contributed by atoms with E-state index in [2.05, 4.69) is 52.7 Å². The minimum Gasteiger partial charge on any atom is -0.481 e. The van der Waals surface area contributed by atoms with Crippen LogP contribution in [0.4, 0.5) is 0 Å². The van der Waals surface area contributed by atoms with E-state index in [9.17, 15) is 0 Å². The number of hydrogen-bond donors (Lipinski definition) is 1. The predicted octanol–water partition coefficient (Wildman–Crippen LogP) is 2.61. The van der Waals surface area contributed by atoms with Crippen molar-refractivity contribution in [2.45, 2.75) is 12.6 Å². The summed E-state index contributed by atoms with van der Waals surface area (Å²) in [4.78, 5) is 6.49. The van der Waals surface area contributed by atoms with E-state index >= 15 is 0 Å². The van der Waals surface area contributed by atoms with Crippen molar-refractivity contribution in [2.24, 2.45) is 0 Å². The zero-order valence-electron chi connectivity index (χ0n) is 16.3. The summed E-state index contributed by atoms with van der Waals surface area (Å²) in [5, 5.41) is 2.05. The molecule has 6 nitrogen and oxygen atoms in total. The average molecular weight is 368 g/mol. The molecule has 6 heteroatoms. The van der Waals surface area contributed by atoms with E-state index in [0.717, 1.165) is 30.9 Å². The maximum Gasteiger partial charge on any atom is 0.212 e. The van der Waals surface area contributed by atoms with Crippen LogP contribution in [0.5, 0.6) is 5.88 Å². The molecular formula is C21H28N4O2. The molecule has 3 rings (SSSR count). The van der Waals surface area contributed by atoms with E-state index in [1.165, 1.54) is 5.56 Å². The molecule has 1 aliphatic rings. The van der Waals surface area contributed by atoms with Crippen LogP contribution in [-0.4, -0.2) is 55.8 Å². The normalized spacial score (nSPS) is 15.1. The molecule has 27 heavy (non-hydrogen) atoms. The number of nitrogens with one attached hydrogen (secondary N) is 1. The molecule has 0 fully saturated rings. The molecule has 1 atom stereocenters. The van der Waals surface area contributed by atoms with E-state index in [1.807, 2.05) is 36.5 Å². The van der Waals surface area contributed by atoms with Gasteiger partial charge in [-0.1, -0.05) is 36.4 Å². The summed E-state index contributed by atoms with van der Waals surface area (Å²) in [6.45, 7) is 3.13. The van der Waals surface area contributed by atoms with Gasteiger partial charge in [-0.3, -0.25) is 4.90 Å². The number of aromatic nitrogens is 1. The Bertz CT molecular complexity index is 734. The Balaban J connectivity index is 1.55. The van der Waals surface area contributed by atoms with Gasteiger partial charge in [0.05, 0.1) is 19.4 Å². The molecule has 1 unspecified atom stereocenters. The lowest BCUT2D eigenvalue weighted by atomic mass is 10.1. The first kappa shape index (κ1) is 19.4. The molecule has 1 N–H and O–H groups in total. The summed E-state index contributed by atoms with van der Waals surface area (Å²) < 4.78 is 11.4. The molecular weight excluding hydrogens is 340 g/mol. The molecule has 1 aromatic carbocycles. The number of hydrogen-bond acceptors (Lipinski definition) is 6. The number of nitrogens with zero attached hydrogens (tertiary/aromatic N) is 3. The lowest BCUT2D eigenvalue weighted by molar-refractivity contribution is 0.0439. The van der Waals surface area contributed by atoms with Gasteiger partial charge in [0.25, 0.3) is 0 Å². The summed E-state index contributed by atoms with van der Waals surface area (Å²) in [7, 11) is 5.75. The molecule has 0 saturated carbocycles. The van der Waals surface area contributed by atoms with Crippen molar-refractivity contribution in [3.63, 3.8) is 0 Å². The Morgan fingerprint density at radius 3 is 2.67 bits per heavy atom. The molecule has 0 radical (unpaired) electrons. The molecule has 1 aliphatic heterocycles. The molecule has 0 bridgehead atoms. The fraction of sp³-hybridized carbons (Fsp3) is 0.381. The van der Waals surface area contributed by atoms with Gasteiger partial charge in [-0.2, -0.15) is 0 Å². The summed E-state index contributed by atoms with van der Waals surface area (Å²) in [5.41, 5.74) is 6.77. The molecule has 2 aromatic rings. The molecule has 2 heterocycles. The Hall–Kier alpha value is -2.41. The third-order valence-corrected chi connectivity index (χ3v) is 4.61. The van der Waals surface area contributed by atoms with Crippen molar-refractivity contribution in [1.29, 1.82) is 0 Å². The van der Waals surface area contributed by atoms with Crippen molar-refractivity contribution in [3.8, 4) is 5.88 Å². The standard InChI is InChI=1S/C21H28N4O2/c1-24(16-17-9-10-20(26-3)22-15-17)13-14-27-21(18-7-5-4-6-8-18)19-11-12-23-25(19)2/h4-11,15,21,23H,12-14,16H2,1-3H3. The van der Waals surface area contributed by atoms with Crippen LogP contribution in [0, 0.1) is 0 Å². The van der Waals surface area contributed by atoms with Gasteiger partial charge in [-0.15, -0.1) is 0 Å². The van der Waals surface area contributed by atoms with Gasteiger partial charge in [0.2, 0.25) is 5.88 Å². The second kappa shape index (κ2) is 9.50. The minimum atomic E-state index is -0.0674. The fourth-order valence-electron chi connectivity index (χ4n) is 3.12. The van der Waals surface area contributed by atoms with Gasteiger partial charge < -0.3 is 14.5 Å². The lowest BCUT2D eigenvalue weighted by Crippen LogP contribution is -2.31. The van der Waals surface area contributed by atoms with Crippen LogP contribution in [0.25, 0.3) is 0 Å². The molecule has 144 valence electrons. The highest BCUT2D eigenvalue weighted by molar-refractivity contribution is 5.27. The van der Waals surface area contributed by atoms with Crippen LogP contribution >= 0.6 is 0 Å². The zero-order valence-corrected chi connectivity index (χ0v) is 16.3. The lowest BCUT2D eigenvalue weighted by Gasteiger charge is -2.26. The molecule has 0 amide bonds. The SMILES string of the molecule is COc1ccc(CN(C)CCOC(C2=CCNN2C)c2ccccc2)cn1. The monoisotopic (exact) mass is 368 g/mol. The number of rotatable bonds is 9. The number of pyridine rings is 1. The highest BCUT2D eigenvalue weighted by atomic mass is 16.5. The van der Waals surface area contributed by atoms with E-state index < -0.39 is 0 Å². The van der Waals surface area contributed by atoms with Gasteiger partial charge >= 0.3 is 0 Å². The van der Waals surface area contributed by atoms with E-state index in [1.54, 1.807) is 7.11 Å². The van der Waals surface area contributed by atoms with Gasteiger partial charge in [-0.05, 0) is 24.3 Å². The zero-order chi connectivity index (χ0) is 19.1. The quantitative estimate of drug-likeness (QED) is 0.734. The highest BCUT2D eigenvalue weighted by Gasteiger charge is 2.23. The van der Waals surface area contributed by atoms with E-state index in [0.29, 0.717) is 12.5 Å². The van der Waals surface area contributed by atoms with Crippen molar-refractivity contribution in [2.75, 3.05) is 40.9 Å². The summed E-state index contributed by atoms with van der Waals surface area (Å²) >= 11 is 0. The second-order valence-corrected chi connectivity index (χ2v) is 6.66. The average Bonchev–Trinajstić information content (AvgIpc) is 3.12. The number of ether oxygens (including phenoxy) is 2. The maximum atomic E-state index is 6.30. The number of likely N-dealkylation sites (N-methyl/N-ethyl adjacent to an activating group) is 2. The maximum absolute atomic E-state index is 6.30. The summed E-state index contributed by atoms with van der Waals surface area (Å²) in [6, 6.07) is 14.3. The van der Waals surface area contributed by atoms with Crippen LogP contribution in [0.15, 0.2) is 60.4 Å². The predicted molar refractivity (Wildman–Crippen MR) is 106 cm³/mol. The van der Waals surface area contributed by atoms with Gasteiger partial charge in [0, 0.05) is 38.9 Å². The third-order valence-electron chi connectivity index (χ3n) is 4.61. The first-order valence-corrected chi connectivity index (χ1v) is 9.18. The minimum absolute atomic E-state index is 0.0674. The number of hydrazine groups is 1. The van der Waals surface area contributed by atoms with Gasteiger partial charge in [-0.25, -0.2) is 10.4 Å². The van der Waals surface area contributed by atoms with Crippen LogP contribution in [0.3, 0.4) is 0 Å². The van der Waals surface area contributed by atoms with Crippen molar-refractivity contribution in [3.05, 3.63) is 71.6 Å². The summed E-state index contributed by atoms with van der Waals surface area (Å²) in [5.74, 6) is 0.637. The Kier molecular flexibility index (Phi) is 6.81. The Morgan fingerprint density at radius 1 is 1.22 bits per heavy atom. The number of methoxy groups -OCH3 is 1. The Morgan fingerprint density at radius 2 is 2.04 bits per heavy atom. The van der Waals surface area contributed by atoms with Crippen molar-refractivity contribution < 1.29 is 9.47 Å². The largest absolute Gasteiger partial charge is 0.481 e. The molecule has 0 spiro atoms.